The van der Waals surface area contributed by atoms with Gasteiger partial charge in [-0.2, -0.15) is 0 Å². The number of hydrogen-bond acceptors (Lipinski definition) is 24. The number of nitrogens with zero attached hydrogens (tertiary/aromatic N) is 14. The van der Waals surface area contributed by atoms with Crippen molar-refractivity contribution in [2.75, 3.05) is 69.9 Å². The molecular weight excluding hydrogens is 1660 g/mol. The molecule has 0 bridgehead atoms. The van der Waals surface area contributed by atoms with Gasteiger partial charge in [0.1, 0.15) is 45.6 Å². The maximum atomic E-state index is 13.9. The van der Waals surface area contributed by atoms with Crippen molar-refractivity contribution < 1.29 is 58.1 Å². The van der Waals surface area contributed by atoms with Gasteiger partial charge >= 0.3 is 19.3 Å². The minimum Gasteiger partial charge on any atom is -0.443 e. The first kappa shape index (κ1) is 89.9. The lowest BCUT2D eigenvalue weighted by molar-refractivity contribution is 0.00578. The number of pyridine rings is 6. The summed E-state index contributed by atoms with van der Waals surface area (Å²) in [5.41, 5.74) is 17.2. The van der Waals surface area contributed by atoms with E-state index < -0.39 is 35.2 Å². The number of halogens is 1. The Hall–Kier alpha value is -12.5. The van der Waals surface area contributed by atoms with E-state index in [0.717, 1.165) is 194 Å². The van der Waals surface area contributed by atoms with Gasteiger partial charge in [0.05, 0.1) is 112 Å². The van der Waals surface area contributed by atoms with E-state index in [0.29, 0.717) is 62.6 Å². The van der Waals surface area contributed by atoms with Crippen LogP contribution in [0.15, 0.2) is 147 Å². The highest BCUT2D eigenvalue weighted by molar-refractivity contribution is 6.65. The van der Waals surface area contributed by atoms with Crippen LogP contribution in [0.3, 0.4) is 0 Å². The highest BCUT2D eigenvalue weighted by Gasteiger charge is 2.52. The van der Waals surface area contributed by atoms with Crippen molar-refractivity contribution in [1.29, 1.82) is 0 Å². The van der Waals surface area contributed by atoms with Crippen LogP contribution in [0.1, 0.15) is 172 Å². The number of rotatable bonds is 12. The van der Waals surface area contributed by atoms with Crippen LogP contribution in [0.2, 0.25) is 5.02 Å². The number of nitrogens with one attached hydrogen (secondary N) is 4. The number of carbonyl (C=O) groups is 5. The van der Waals surface area contributed by atoms with Gasteiger partial charge in [-0.25, -0.2) is 49.3 Å². The predicted molar refractivity (Wildman–Crippen MR) is 503 cm³/mol. The molecule has 7 aliphatic heterocycles. The van der Waals surface area contributed by atoms with Crippen LogP contribution in [0, 0.1) is 20.8 Å². The maximum Gasteiger partial charge on any atom is 0.495 e. The zero-order valence-electron chi connectivity index (χ0n) is 75.9. The summed E-state index contributed by atoms with van der Waals surface area (Å²) in [5, 5.41) is 45.9. The molecule has 7 N–H and O–H groups in total. The maximum absolute atomic E-state index is 13.9. The second kappa shape index (κ2) is 35.8. The number of imide groups is 2. The number of carbonyl (C=O) groups excluding carboxylic acids is 5. The van der Waals surface area contributed by atoms with Crippen LogP contribution in [0.4, 0.5) is 61.2 Å². The molecule has 0 aliphatic carbocycles. The molecule has 0 spiro atoms. The van der Waals surface area contributed by atoms with E-state index in [1.54, 1.807) is 66.2 Å². The zero-order valence-corrected chi connectivity index (χ0v) is 76.7. The molecule has 0 atom stereocenters. The summed E-state index contributed by atoms with van der Waals surface area (Å²) in [6, 6.07) is 29.6. The average Bonchev–Trinajstić information content (AvgIpc) is 1.60. The second-order valence-corrected chi connectivity index (χ2v) is 37.6. The molecule has 16 heterocycles. The number of aromatic nitrogens is 9. The summed E-state index contributed by atoms with van der Waals surface area (Å²) in [6.45, 7) is 30.3. The highest BCUT2D eigenvalue weighted by Crippen LogP contribution is 2.46. The molecular formula is C97H112BClN18O12. The minimum atomic E-state index is -0.745. The monoisotopic (exact) mass is 1770 g/mol. The van der Waals surface area contributed by atoms with Crippen molar-refractivity contribution in [3.05, 3.63) is 202 Å². The normalized spacial score (nSPS) is 16.9. The van der Waals surface area contributed by atoms with E-state index in [4.69, 9.17) is 30.4 Å². The fraction of sp³-hybridized carbons (Fsp3) is 0.392. The molecule has 0 saturated carbocycles. The number of benzene rings is 3. The number of piperidine rings is 3. The van der Waals surface area contributed by atoms with Gasteiger partial charge in [0.2, 0.25) is 0 Å². The fourth-order valence-electron chi connectivity index (χ4n) is 17.7. The van der Waals surface area contributed by atoms with E-state index in [-0.39, 0.29) is 55.6 Å². The van der Waals surface area contributed by atoms with Gasteiger partial charge in [-0.15, -0.1) is 0 Å². The van der Waals surface area contributed by atoms with Crippen LogP contribution < -0.4 is 41.4 Å². The predicted octanol–water partition coefficient (Wildman–Crippen LogP) is 15.9. The van der Waals surface area contributed by atoms with Crippen LogP contribution >= 0.6 is 11.6 Å². The quantitative estimate of drug-likeness (QED) is 0.0559. The minimum absolute atomic E-state index is 0.0610. The fourth-order valence-corrected chi connectivity index (χ4v) is 17.9. The van der Waals surface area contributed by atoms with E-state index >= 15 is 0 Å². The number of aliphatic hydroxyl groups excluding tert-OH is 3. The van der Waals surface area contributed by atoms with Crippen molar-refractivity contribution in [1.82, 2.24) is 58.7 Å². The number of ether oxygens (including phenoxy) is 2. The lowest BCUT2D eigenvalue weighted by Crippen LogP contribution is -2.41. The van der Waals surface area contributed by atoms with Gasteiger partial charge < -0.3 is 83.8 Å². The number of anilines is 9. The Morgan fingerprint density at radius 3 is 1.22 bits per heavy atom. The number of hydrogen-bond donors (Lipinski definition) is 7. The Labute approximate surface area is 755 Å². The molecule has 129 heavy (non-hydrogen) atoms. The molecule has 7 aliphatic rings. The summed E-state index contributed by atoms with van der Waals surface area (Å²) in [5.74, 6) is 0.906. The number of amides is 5. The van der Waals surface area contributed by atoms with E-state index in [1.165, 1.54) is 4.90 Å². The summed E-state index contributed by atoms with van der Waals surface area (Å²) in [4.78, 5) is 102. The van der Waals surface area contributed by atoms with Gasteiger partial charge in [0.25, 0.3) is 17.7 Å². The Morgan fingerprint density at radius 1 is 0.473 bits per heavy atom. The Morgan fingerprint density at radius 2 is 0.829 bits per heavy atom. The van der Waals surface area contributed by atoms with E-state index in [1.807, 2.05) is 159 Å². The molecule has 19 rings (SSSR count). The average molecular weight is 1770 g/mol. The SMILES string of the molecule is Cc1cc(Nc2ccc(N3CCC(O)CC3)cn2)c2c(c1-c1ccnc3c1ccn3C)CN(C(=O)OC(C)(C)C)C2=O.Cc1cc(Nc2ccc(N3CCC(O)CC3)cn2)c2c(c1-c1ccnc3c1ccn3C)CNC2=O.Cc1cc(Nc2ccc(N3CCC(O)CC3)cn2)c2c(c1Cl)CN(C(=O)OC(C)(C)C)C2=O.Cn1ccc2c(B3OC(C)(C)C(C)(C)O3)ccnc21. The molecule has 3 aromatic carbocycles. The summed E-state index contributed by atoms with van der Waals surface area (Å²) >= 11 is 6.50. The van der Waals surface area contributed by atoms with Crippen molar-refractivity contribution in [2.45, 2.75) is 189 Å². The summed E-state index contributed by atoms with van der Waals surface area (Å²) < 4.78 is 29.2. The number of aliphatic hydroxyl groups is 3. The van der Waals surface area contributed by atoms with Crippen molar-refractivity contribution >= 4 is 139 Å². The van der Waals surface area contributed by atoms with Crippen LogP contribution in [0.5, 0.6) is 0 Å². The largest absolute Gasteiger partial charge is 0.495 e. The third-order valence-electron chi connectivity index (χ3n) is 25.1. The molecule has 32 heteroatoms. The third kappa shape index (κ3) is 18.6. The first-order valence-electron chi connectivity index (χ1n) is 43.9. The number of fused-ring (bicyclic) bond motifs is 6. The lowest BCUT2D eigenvalue weighted by atomic mass is 9.78. The lowest BCUT2D eigenvalue weighted by Gasteiger charge is -2.32. The van der Waals surface area contributed by atoms with Gasteiger partial charge in [-0.05, 0) is 275 Å². The second-order valence-electron chi connectivity index (χ2n) is 37.2. The summed E-state index contributed by atoms with van der Waals surface area (Å²) in [6.07, 6.45) is 19.3. The Bertz CT molecular complexity index is 6280. The van der Waals surface area contributed by atoms with Gasteiger partial charge in [-0.1, -0.05) is 11.6 Å². The molecule has 4 fully saturated rings. The molecule has 9 aromatic heterocycles. The first-order chi connectivity index (χ1) is 61.3. The smallest absolute Gasteiger partial charge is 0.443 e. The molecule has 672 valence electrons. The first-order valence-corrected chi connectivity index (χ1v) is 44.3. The standard InChI is InChI=1S/C32H36N6O4.C27H28N6O2.C24H29ClN4O4.C14H19BN2O2/c1-19-16-25(35-26-7-6-20(17-34-26)37-14-9-21(39)10-15-37)28-24(18-38(30(28)40)31(41)42-32(2,3)4)27(19)22-8-12-33-29-23(22)11-13-36(29)5;1-16-13-22(31-23-4-3-17(14-29-23)33-11-6-18(34)7-12-33)25-21(15-30-27(25)35)24(16)19-5-9-28-26-20(19)8-10-32(26)2;1-14-11-18(27-19-6-5-15(12-26-19)28-9-7-16(30)8-10-28)20-17(21(14)25)13-29(22(20)31)23(32)33-24(2,3)4;1-13(2)14(3,4)19-15(18-13)11-6-8-16-12-10(11)7-9-17(12)5/h6-8,11-13,16-17,21,39H,9-10,14-15,18H2,1-5H3,(H,34,35);3-5,8-10,13-14,18,34H,6-7,11-12,15H2,1-2H3,(H,29,31)(H,30,35);5-6,11-12,16,30H,7-10,13H2,1-4H3,(H,26,27);6-9H,1-5H3. The molecule has 4 saturated heterocycles. The topological polar surface area (TPSA) is 339 Å². The molecule has 5 amide bonds. The van der Waals surface area contributed by atoms with Gasteiger partial charge in [0.15, 0.2) is 0 Å². The highest BCUT2D eigenvalue weighted by atomic mass is 35.5. The van der Waals surface area contributed by atoms with Crippen molar-refractivity contribution in [2.24, 2.45) is 21.1 Å². The molecule has 30 nitrogen and oxygen atoms in total. The number of aryl methyl sites for hydroxylation is 6. The van der Waals surface area contributed by atoms with E-state index in [2.05, 4.69) is 113 Å². The molecule has 0 radical (unpaired) electrons. The summed E-state index contributed by atoms with van der Waals surface area (Å²) in [7, 11) is 5.59. The van der Waals surface area contributed by atoms with Gasteiger partial charge in [-0.3, -0.25) is 14.4 Å². The molecule has 12 aromatic rings. The van der Waals surface area contributed by atoms with E-state index in [9.17, 15) is 39.3 Å². The third-order valence-corrected chi connectivity index (χ3v) is 25.7. The zero-order chi connectivity index (χ0) is 91.6. The Kier molecular flexibility index (Phi) is 25.0. The van der Waals surface area contributed by atoms with Crippen molar-refractivity contribution in [3.63, 3.8) is 0 Å². The molecule has 0 unspecified atom stereocenters. The van der Waals surface area contributed by atoms with Crippen LogP contribution in [-0.2, 0) is 59.6 Å². The van der Waals surface area contributed by atoms with Crippen LogP contribution in [-0.4, -0.2) is 186 Å². The van der Waals surface area contributed by atoms with Crippen LogP contribution in [0.25, 0.3) is 55.4 Å². The van der Waals surface area contributed by atoms with Gasteiger partial charge in [0, 0.05) is 131 Å². The Balaban J connectivity index is 0.000000130. The van der Waals surface area contributed by atoms with Crippen molar-refractivity contribution in [3.8, 4) is 22.3 Å².